The minimum absolute atomic E-state index is 0.0500. The lowest BCUT2D eigenvalue weighted by Gasteiger charge is -2.29. The second-order valence-corrected chi connectivity index (χ2v) is 8.03. The number of carbonyl (C=O) groups excluding carboxylic acids is 1. The summed E-state index contributed by atoms with van der Waals surface area (Å²) in [6.45, 7) is 0.383. The van der Waals surface area contributed by atoms with Gasteiger partial charge in [-0.25, -0.2) is 4.79 Å². The van der Waals surface area contributed by atoms with E-state index < -0.39 is 23.6 Å². The second-order valence-electron chi connectivity index (χ2n) is 7.21. The van der Waals surface area contributed by atoms with Crippen LogP contribution in [0.5, 0.6) is 0 Å². The average molecular weight is 464 g/mol. The van der Waals surface area contributed by atoms with Crippen LogP contribution in [0.3, 0.4) is 0 Å². The Bertz CT molecular complexity index is 954. The molecule has 0 aliphatic heterocycles. The summed E-state index contributed by atoms with van der Waals surface area (Å²) in [6, 6.07) is 2.43. The smallest absolute Gasteiger partial charge is 0.416 e. The number of aromatic carboxylic acids is 1. The molecule has 30 heavy (non-hydrogen) atoms. The van der Waals surface area contributed by atoms with Crippen LogP contribution in [0.15, 0.2) is 24.4 Å². The Kier molecular flexibility index (Phi) is 6.62. The Morgan fingerprint density at radius 2 is 1.83 bits per heavy atom. The van der Waals surface area contributed by atoms with Crippen molar-refractivity contribution in [1.29, 1.82) is 0 Å². The number of halogens is 5. The molecule has 1 heterocycles. The van der Waals surface area contributed by atoms with Crippen LogP contribution in [0.2, 0.25) is 10.0 Å². The molecule has 0 atom stereocenters. The van der Waals surface area contributed by atoms with Crippen molar-refractivity contribution in [3.8, 4) is 0 Å². The number of amides is 1. The summed E-state index contributed by atoms with van der Waals surface area (Å²) in [6.07, 6.45) is -0.693. The molecule has 0 unspecified atom stereocenters. The van der Waals surface area contributed by atoms with Crippen molar-refractivity contribution in [2.24, 2.45) is 5.92 Å². The van der Waals surface area contributed by atoms with Crippen molar-refractivity contribution in [3.63, 3.8) is 0 Å². The molecule has 1 aromatic carbocycles. The van der Waals surface area contributed by atoms with E-state index in [0.29, 0.717) is 32.2 Å². The van der Waals surface area contributed by atoms with Crippen LogP contribution < -0.4 is 5.32 Å². The fraction of sp³-hybridized carbons (Fsp3) is 0.421. The quantitative estimate of drug-likeness (QED) is 0.660. The van der Waals surface area contributed by atoms with E-state index in [1.807, 2.05) is 0 Å². The molecule has 2 N–H and O–H groups in total. The number of benzene rings is 1. The molecule has 1 aliphatic carbocycles. The molecule has 1 saturated carbocycles. The van der Waals surface area contributed by atoms with Gasteiger partial charge in [-0.05, 0) is 49.8 Å². The van der Waals surface area contributed by atoms with Crippen LogP contribution in [-0.2, 0) is 12.7 Å². The highest BCUT2D eigenvalue weighted by atomic mass is 35.5. The van der Waals surface area contributed by atoms with Crippen LogP contribution >= 0.6 is 23.2 Å². The molecule has 1 aliphatic rings. The fourth-order valence-electron chi connectivity index (χ4n) is 3.59. The summed E-state index contributed by atoms with van der Waals surface area (Å²) in [7, 11) is 0. The number of carboxylic acid groups (broad SMARTS) is 1. The number of aromatic nitrogens is 2. The lowest BCUT2D eigenvalue weighted by molar-refractivity contribution is -0.137. The Balaban J connectivity index is 1.59. The Morgan fingerprint density at radius 3 is 2.43 bits per heavy atom. The van der Waals surface area contributed by atoms with E-state index >= 15 is 0 Å². The minimum atomic E-state index is -4.57. The molecule has 2 aromatic rings. The molecule has 1 amide bonds. The molecule has 3 rings (SSSR count). The number of rotatable bonds is 5. The first-order chi connectivity index (χ1) is 14.1. The first kappa shape index (κ1) is 22.4. The van der Waals surface area contributed by atoms with Crippen molar-refractivity contribution >= 4 is 35.1 Å². The predicted octanol–water partition coefficient (Wildman–Crippen LogP) is 4.90. The Labute approximate surface area is 180 Å². The number of carboxylic acids is 1. The van der Waals surface area contributed by atoms with Gasteiger partial charge in [0.05, 0.1) is 27.4 Å². The summed E-state index contributed by atoms with van der Waals surface area (Å²) in [5, 5.41) is 16.0. The van der Waals surface area contributed by atoms with Crippen molar-refractivity contribution in [1.82, 2.24) is 15.1 Å². The van der Waals surface area contributed by atoms with Crippen molar-refractivity contribution in [2.75, 3.05) is 0 Å². The fourth-order valence-corrected chi connectivity index (χ4v) is 4.01. The topological polar surface area (TPSA) is 84.2 Å². The standard InChI is InChI=1S/C19H18Cl2F3N3O3/c20-14-6-3-11(19(22,23)24)7-13(14)17(28)26-12-4-1-10(2-5-12)9-27-16(18(29)30)15(21)8-25-27/h3,6-8,10,12H,1-2,4-5,9H2,(H,26,28)(H,29,30). The maximum absolute atomic E-state index is 12.9. The zero-order valence-corrected chi connectivity index (χ0v) is 17.1. The molecule has 0 saturated heterocycles. The van der Waals surface area contributed by atoms with E-state index in [2.05, 4.69) is 10.4 Å². The van der Waals surface area contributed by atoms with Gasteiger partial charge in [-0.2, -0.15) is 18.3 Å². The lowest BCUT2D eigenvalue weighted by atomic mass is 9.86. The third-order valence-corrected chi connectivity index (χ3v) is 5.75. The zero-order valence-electron chi connectivity index (χ0n) is 15.5. The summed E-state index contributed by atoms with van der Waals surface area (Å²) in [4.78, 5) is 23.7. The van der Waals surface area contributed by atoms with Gasteiger partial charge in [0.15, 0.2) is 5.69 Å². The van der Waals surface area contributed by atoms with Gasteiger partial charge in [0, 0.05) is 12.6 Å². The van der Waals surface area contributed by atoms with E-state index in [9.17, 15) is 27.9 Å². The van der Waals surface area contributed by atoms with E-state index in [1.54, 1.807) is 0 Å². The van der Waals surface area contributed by atoms with Crippen molar-refractivity contribution in [2.45, 2.75) is 44.4 Å². The van der Waals surface area contributed by atoms with E-state index in [-0.39, 0.29) is 33.3 Å². The first-order valence-corrected chi connectivity index (χ1v) is 9.94. The molecule has 0 bridgehead atoms. The minimum Gasteiger partial charge on any atom is -0.476 e. The molecule has 1 fully saturated rings. The van der Waals surface area contributed by atoms with Crippen LogP contribution in [0.4, 0.5) is 13.2 Å². The summed E-state index contributed by atoms with van der Waals surface area (Å²) < 4.78 is 40.0. The van der Waals surface area contributed by atoms with Gasteiger partial charge < -0.3 is 10.4 Å². The van der Waals surface area contributed by atoms with Gasteiger partial charge >= 0.3 is 12.1 Å². The predicted molar refractivity (Wildman–Crippen MR) is 104 cm³/mol. The molecule has 0 spiro atoms. The number of alkyl halides is 3. The molecule has 6 nitrogen and oxygen atoms in total. The molecule has 11 heteroatoms. The third-order valence-electron chi connectivity index (χ3n) is 5.15. The van der Waals surface area contributed by atoms with Crippen molar-refractivity contribution < 1.29 is 27.9 Å². The maximum Gasteiger partial charge on any atom is 0.416 e. The molecular formula is C19H18Cl2F3N3O3. The van der Waals surface area contributed by atoms with Crippen LogP contribution in [0.1, 0.15) is 52.1 Å². The highest BCUT2D eigenvalue weighted by Gasteiger charge is 2.32. The summed E-state index contributed by atoms with van der Waals surface area (Å²) >= 11 is 11.8. The van der Waals surface area contributed by atoms with Crippen LogP contribution in [-0.4, -0.2) is 32.8 Å². The highest BCUT2D eigenvalue weighted by Crippen LogP contribution is 2.32. The molecule has 162 valence electrons. The maximum atomic E-state index is 12.9. The highest BCUT2D eigenvalue weighted by molar-refractivity contribution is 6.34. The summed E-state index contributed by atoms with van der Waals surface area (Å²) in [5.41, 5.74) is -1.22. The van der Waals surface area contributed by atoms with Crippen LogP contribution in [0.25, 0.3) is 0 Å². The first-order valence-electron chi connectivity index (χ1n) is 9.18. The second kappa shape index (κ2) is 8.85. The van der Waals surface area contributed by atoms with Gasteiger partial charge in [0.25, 0.3) is 5.91 Å². The number of nitrogens with one attached hydrogen (secondary N) is 1. The molecule has 1 aromatic heterocycles. The lowest BCUT2D eigenvalue weighted by Crippen LogP contribution is -2.38. The zero-order chi connectivity index (χ0) is 22.1. The van der Waals surface area contributed by atoms with Gasteiger partial charge in [-0.15, -0.1) is 0 Å². The monoisotopic (exact) mass is 463 g/mol. The van der Waals surface area contributed by atoms with E-state index in [1.165, 1.54) is 10.9 Å². The normalized spacial score (nSPS) is 19.5. The third kappa shape index (κ3) is 5.07. The average Bonchev–Trinajstić information content (AvgIpc) is 3.03. The van der Waals surface area contributed by atoms with Gasteiger partial charge in [-0.3, -0.25) is 9.48 Å². The Morgan fingerprint density at radius 1 is 1.17 bits per heavy atom. The number of hydrogen-bond acceptors (Lipinski definition) is 3. The van der Waals surface area contributed by atoms with E-state index in [0.717, 1.165) is 18.2 Å². The van der Waals surface area contributed by atoms with E-state index in [4.69, 9.17) is 23.2 Å². The molecular weight excluding hydrogens is 446 g/mol. The number of hydrogen-bond donors (Lipinski definition) is 2. The van der Waals surface area contributed by atoms with Gasteiger partial charge in [-0.1, -0.05) is 23.2 Å². The number of nitrogens with zero attached hydrogens (tertiary/aromatic N) is 2. The molecule has 0 radical (unpaired) electrons. The van der Waals surface area contributed by atoms with Gasteiger partial charge in [0.2, 0.25) is 0 Å². The Hall–Kier alpha value is -2.26. The number of carbonyl (C=O) groups is 2. The summed E-state index contributed by atoms with van der Waals surface area (Å²) in [5.74, 6) is -1.66. The van der Waals surface area contributed by atoms with Gasteiger partial charge in [0.1, 0.15) is 0 Å². The SMILES string of the molecule is O=C(NC1CCC(Cn2ncc(Cl)c2C(=O)O)CC1)c1cc(C(F)(F)F)ccc1Cl. The van der Waals surface area contributed by atoms with Crippen molar-refractivity contribution in [3.05, 3.63) is 51.3 Å². The largest absolute Gasteiger partial charge is 0.476 e. The van der Waals surface area contributed by atoms with Crippen LogP contribution in [0, 0.1) is 5.92 Å².